The van der Waals surface area contributed by atoms with Crippen molar-refractivity contribution in [2.24, 2.45) is 11.7 Å². The van der Waals surface area contributed by atoms with Crippen molar-refractivity contribution >= 4 is 17.2 Å². The second-order valence-electron chi connectivity index (χ2n) is 5.73. The Morgan fingerprint density at radius 2 is 2.17 bits per heavy atom. The van der Waals surface area contributed by atoms with Crippen LogP contribution in [0.3, 0.4) is 0 Å². The van der Waals surface area contributed by atoms with Crippen LogP contribution in [0.25, 0.3) is 0 Å². The normalized spacial score (nSPS) is 18.8. The number of carbonyl (C=O) groups excluding carboxylic acids is 1. The maximum atomic E-state index is 12.1. The van der Waals surface area contributed by atoms with Gasteiger partial charge in [0, 0.05) is 4.88 Å². The Kier molecular flexibility index (Phi) is 4.07. The Balaban J connectivity index is 2.13. The molecule has 1 atom stereocenters. The van der Waals surface area contributed by atoms with Gasteiger partial charge in [0.25, 0.3) is 0 Å². The second-order valence-corrected chi connectivity index (χ2v) is 6.71. The molecule has 3 N–H and O–H groups in total. The Morgan fingerprint density at radius 3 is 2.67 bits per heavy atom. The van der Waals surface area contributed by atoms with Gasteiger partial charge in [-0.15, -0.1) is 11.3 Å². The van der Waals surface area contributed by atoms with Crippen LogP contribution in [0.2, 0.25) is 0 Å². The number of hydrogen-bond acceptors (Lipinski definition) is 3. The predicted octanol–water partition coefficient (Wildman–Crippen LogP) is 2.83. The smallest absolute Gasteiger partial charge is 0.240 e. The van der Waals surface area contributed by atoms with Crippen molar-refractivity contribution in [3.8, 4) is 0 Å². The summed E-state index contributed by atoms with van der Waals surface area (Å²) in [5.41, 5.74) is 5.06. The van der Waals surface area contributed by atoms with E-state index in [0.29, 0.717) is 5.92 Å². The third kappa shape index (κ3) is 3.12. The zero-order valence-electron chi connectivity index (χ0n) is 11.1. The van der Waals surface area contributed by atoms with E-state index in [-0.39, 0.29) is 11.9 Å². The summed E-state index contributed by atoms with van der Waals surface area (Å²) in [6, 6.07) is 4.29. The molecule has 0 aliphatic heterocycles. The number of nitrogens with two attached hydrogens (primary N) is 1. The summed E-state index contributed by atoms with van der Waals surface area (Å²) in [5.74, 6) is 0.503. The van der Waals surface area contributed by atoms with Gasteiger partial charge in [0.05, 0.1) is 11.6 Å². The third-order valence-corrected chi connectivity index (χ3v) is 4.55. The molecule has 1 amide bonds. The van der Waals surface area contributed by atoms with E-state index in [0.717, 1.165) is 0 Å². The lowest BCUT2D eigenvalue weighted by Gasteiger charge is -2.27. The lowest BCUT2D eigenvalue weighted by Crippen LogP contribution is -2.50. The maximum Gasteiger partial charge on any atom is 0.240 e. The number of nitrogens with one attached hydrogen (secondary N) is 1. The van der Waals surface area contributed by atoms with Crippen LogP contribution >= 0.6 is 11.3 Å². The minimum Gasteiger partial charge on any atom is -0.347 e. The van der Waals surface area contributed by atoms with Crippen LogP contribution in [0.1, 0.15) is 50.4 Å². The summed E-state index contributed by atoms with van der Waals surface area (Å²) in [5, 5.41) is 5.21. The first-order valence-electron chi connectivity index (χ1n) is 6.62. The van der Waals surface area contributed by atoms with Gasteiger partial charge in [0.1, 0.15) is 0 Å². The van der Waals surface area contributed by atoms with Gasteiger partial charge in [-0.3, -0.25) is 4.79 Å². The molecule has 1 unspecified atom stereocenters. The van der Waals surface area contributed by atoms with Crippen molar-refractivity contribution in [2.45, 2.75) is 51.1 Å². The Labute approximate surface area is 113 Å². The number of thiophene rings is 1. The van der Waals surface area contributed by atoms with Crippen molar-refractivity contribution in [3.05, 3.63) is 22.4 Å². The van der Waals surface area contributed by atoms with Gasteiger partial charge in [-0.05, 0) is 44.1 Å². The quantitative estimate of drug-likeness (QED) is 0.880. The standard InChI is InChI=1S/C14H22N2OS/c1-14(2,15)13(17)16-12(10-6-3-4-7-10)11-8-5-9-18-11/h5,8-10,12H,3-4,6-7,15H2,1-2H3,(H,16,17). The largest absolute Gasteiger partial charge is 0.347 e. The van der Waals surface area contributed by atoms with Crippen LogP contribution in [0.15, 0.2) is 17.5 Å². The van der Waals surface area contributed by atoms with Crippen LogP contribution in [-0.4, -0.2) is 11.4 Å². The average molecular weight is 266 g/mol. The van der Waals surface area contributed by atoms with Gasteiger partial charge < -0.3 is 11.1 Å². The molecule has 18 heavy (non-hydrogen) atoms. The summed E-state index contributed by atoms with van der Waals surface area (Å²) >= 11 is 1.71. The lowest BCUT2D eigenvalue weighted by molar-refractivity contribution is -0.126. The minimum absolute atomic E-state index is 0.0622. The second kappa shape index (κ2) is 5.41. The molecule has 1 heterocycles. The highest BCUT2D eigenvalue weighted by Gasteiger charge is 2.31. The molecular formula is C14H22N2OS. The fourth-order valence-electron chi connectivity index (χ4n) is 2.51. The van der Waals surface area contributed by atoms with Crippen molar-refractivity contribution in [1.82, 2.24) is 5.32 Å². The summed E-state index contributed by atoms with van der Waals surface area (Å²) in [7, 11) is 0. The molecule has 3 nitrogen and oxygen atoms in total. The van der Waals surface area contributed by atoms with Gasteiger partial charge in [-0.1, -0.05) is 18.9 Å². The fraction of sp³-hybridized carbons (Fsp3) is 0.643. The van der Waals surface area contributed by atoms with E-state index in [1.54, 1.807) is 25.2 Å². The molecule has 0 spiro atoms. The van der Waals surface area contributed by atoms with E-state index in [2.05, 4.69) is 16.8 Å². The van der Waals surface area contributed by atoms with Gasteiger partial charge in [-0.25, -0.2) is 0 Å². The van der Waals surface area contributed by atoms with E-state index in [4.69, 9.17) is 5.73 Å². The van der Waals surface area contributed by atoms with Crippen LogP contribution in [0.5, 0.6) is 0 Å². The first-order chi connectivity index (χ1) is 8.48. The van der Waals surface area contributed by atoms with Gasteiger partial charge >= 0.3 is 0 Å². The van der Waals surface area contributed by atoms with Crippen molar-refractivity contribution < 1.29 is 4.79 Å². The molecular weight excluding hydrogens is 244 g/mol. The van der Waals surface area contributed by atoms with E-state index < -0.39 is 5.54 Å². The van der Waals surface area contributed by atoms with E-state index >= 15 is 0 Å². The predicted molar refractivity (Wildman–Crippen MR) is 75.4 cm³/mol. The number of amides is 1. The van der Waals surface area contributed by atoms with E-state index in [9.17, 15) is 4.79 Å². The SMILES string of the molecule is CC(C)(N)C(=O)NC(c1cccs1)C1CCCC1. The van der Waals surface area contributed by atoms with Crippen LogP contribution in [0.4, 0.5) is 0 Å². The van der Waals surface area contributed by atoms with E-state index in [1.807, 2.05) is 6.07 Å². The minimum atomic E-state index is -0.811. The highest BCUT2D eigenvalue weighted by Crippen LogP contribution is 2.37. The molecule has 0 radical (unpaired) electrons. The topological polar surface area (TPSA) is 55.1 Å². The Bertz CT molecular complexity index is 388. The Hall–Kier alpha value is -0.870. The van der Waals surface area contributed by atoms with Crippen LogP contribution in [-0.2, 0) is 4.79 Å². The van der Waals surface area contributed by atoms with Gasteiger partial charge in [-0.2, -0.15) is 0 Å². The number of hydrogen-bond donors (Lipinski definition) is 2. The molecule has 4 heteroatoms. The summed E-state index contributed by atoms with van der Waals surface area (Å²) in [6.45, 7) is 3.50. The molecule has 2 rings (SSSR count). The molecule has 1 saturated carbocycles. The molecule has 1 aliphatic carbocycles. The molecule has 1 aliphatic rings. The molecule has 1 aromatic rings. The monoisotopic (exact) mass is 266 g/mol. The van der Waals surface area contributed by atoms with Crippen LogP contribution < -0.4 is 11.1 Å². The van der Waals surface area contributed by atoms with Gasteiger partial charge in [0.15, 0.2) is 0 Å². The zero-order chi connectivity index (χ0) is 13.2. The van der Waals surface area contributed by atoms with Crippen molar-refractivity contribution in [2.75, 3.05) is 0 Å². The molecule has 1 aromatic heterocycles. The molecule has 1 fully saturated rings. The summed E-state index contributed by atoms with van der Waals surface area (Å²) < 4.78 is 0. The molecule has 0 bridgehead atoms. The van der Waals surface area contributed by atoms with Gasteiger partial charge in [0.2, 0.25) is 5.91 Å². The van der Waals surface area contributed by atoms with E-state index in [1.165, 1.54) is 30.6 Å². The third-order valence-electron chi connectivity index (χ3n) is 3.59. The lowest BCUT2D eigenvalue weighted by atomic mass is 9.95. The Morgan fingerprint density at radius 1 is 1.50 bits per heavy atom. The van der Waals surface area contributed by atoms with Crippen LogP contribution in [0, 0.1) is 5.92 Å². The highest BCUT2D eigenvalue weighted by molar-refractivity contribution is 7.10. The molecule has 0 aromatic carbocycles. The number of rotatable bonds is 4. The first-order valence-corrected chi connectivity index (χ1v) is 7.49. The molecule has 100 valence electrons. The first kappa shape index (κ1) is 13.6. The molecule has 0 saturated heterocycles. The average Bonchev–Trinajstić information content (AvgIpc) is 2.97. The van der Waals surface area contributed by atoms with Crippen molar-refractivity contribution in [1.29, 1.82) is 0 Å². The highest BCUT2D eigenvalue weighted by atomic mass is 32.1. The number of carbonyl (C=O) groups is 1. The summed E-state index contributed by atoms with van der Waals surface area (Å²) in [4.78, 5) is 13.3. The fourth-order valence-corrected chi connectivity index (χ4v) is 3.38. The van der Waals surface area contributed by atoms with Crippen molar-refractivity contribution in [3.63, 3.8) is 0 Å². The maximum absolute atomic E-state index is 12.1. The zero-order valence-corrected chi connectivity index (χ0v) is 11.9. The summed E-state index contributed by atoms with van der Waals surface area (Å²) in [6.07, 6.45) is 4.95.